The largest absolute Gasteiger partial charge is 0.339 e. The van der Waals surface area contributed by atoms with Crippen LogP contribution in [0.2, 0.25) is 5.02 Å². The van der Waals surface area contributed by atoms with Crippen molar-refractivity contribution < 1.29 is 23.2 Å². The Morgan fingerprint density at radius 2 is 1.97 bits per heavy atom. The topological polar surface area (TPSA) is 91.2 Å². The Morgan fingerprint density at radius 1 is 1.27 bits per heavy atom. The highest BCUT2D eigenvalue weighted by molar-refractivity contribution is 7.59. The van der Waals surface area contributed by atoms with E-state index < -0.39 is 46.5 Å². The van der Waals surface area contributed by atoms with Crippen molar-refractivity contribution in [3.05, 3.63) is 46.1 Å². The summed E-state index contributed by atoms with van der Waals surface area (Å²) in [5.74, 6) is -4.22. The first kappa shape index (κ1) is 29.1. The lowest BCUT2D eigenvalue weighted by Crippen LogP contribution is -2.48. The minimum atomic E-state index is -0.961. The van der Waals surface area contributed by atoms with Crippen LogP contribution >= 0.6 is 38.6 Å². The third-order valence-corrected chi connectivity index (χ3v) is 6.09. The molecule has 1 aromatic carbocycles. The number of azo groups is 1. The number of benzene rings is 1. The van der Waals surface area contributed by atoms with Gasteiger partial charge in [-0.2, -0.15) is 37.2 Å². The van der Waals surface area contributed by atoms with Crippen molar-refractivity contribution in [3.8, 4) is 0 Å². The summed E-state index contributed by atoms with van der Waals surface area (Å²) >= 11 is 5.58. The predicted molar refractivity (Wildman–Crippen MR) is 130 cm³/mol. The van der Waals surface area contributed by atoms with Crippen LogP contribution in [0, 0.1) is 17.6 Å². The second-order valence-electron chi connectivity index (χ2n) is 7.60. The van der Waals surface area contributed by atoms with Crippen molar-refractivity contribution in [3.63, 3.8) is 0 Å². The maximum Gasteiger partial charge on any atom is 0.312 e. The molecule has 0 spiro atoms. The first-order valence-corrected chi connectivity index (χ1v) is 10.5. The standard InChI is InChI=1S/C21H23ClF2N4O3.2H2S/c1-3-15(16-6-8-25-27-16)26-20(30)21(31)28-9-7-13(11(28)2)17(29)10-12-4-5-14(23)18(22)19(12)24;;/h4-6,11,13,15H,3,7-10H2,1-2H3,(H,26,30);2*1H2/t11-,13-,15-;;/m0../s1. The number of hydrogen-bond donors (Lipinski definition) is 1. The Kier molecular flexibility index (Phi) is 11.0. The third-order valence-electron chi connectivity index (χ3n) is 5.74. The number of nitrogens with zero attached hydrogens (tertiary/aromatic N) is 3. The van der Waals surface area contributed by atoms with Gasteiger partial charge in [0, 0.05) is 24.9 Å². The molecule has 3 atom stereocenters. The summed E-state index contributed by atoms with van der Waals surface area (Å²) in [6, 6.07) is 1.25. The van der Waals surface area contributed by atoms with E-state index in [1.807, 2.05) is 6.92 Å². The molecule has 1 aromatic rings. The highest BCUT2D eigenvalue weighted by Gasteiger charge is 2.40. The molecule has 2 aliphatic heterocycles. The van der Waals surface area contributed by atoms with E-state index in [1.165, 1.54) is 11.0 Å². The van der Waals surface area contributed by atoms with E-state index in [1.54, 1.807) is 13.0 Å². The van der Waals surface area contributed by atoms with Gasteiger partial charge in [-0.3, -0.25) is 14.4 Å². The number of carbonyl (C=O) groups excluding carboxylic acids is 3. The summed E-state index contributed by atoms with van der Waals surface area (Å²) in [5, 5.41) is 9.83. The summed E-state index contributed by atoms with van der Waals surface area (Å²) in [4.78, 5) is 39.3. The number of rotatable bonds is 6. The van der Waals surface area contributed by atoms with E-state index in [4.69, 9.17) is 11.6 Å². The number of Topliss-reactive ketones (excluding diaryl/α,β-unsaturated/α-hetero) is 1. The van der Waals surface area contributed by atoms with Gasteiger partial charge in [-0.15, -0.1) is 0 Å². The molecule has 0 bridgehead atoms. The molecule has 33 heavy (non-hydrogen) atoms. The summed E-state index contributed by atoms with van der Waals surface area (Å²) in [7, 11) is 0. The Labute approximate surface area is 209 Å². The van der Waals surface area contributed by atoms with Crippen LogP contribution in [-0.2, 0) is 20.8 Å². The average Bonchev–Trinajstić information content (AvgIpc) is 3.41. The Bertz CT molecular complexity index is 977. The van der Waals surface area contributed by atoms with Gasteiger partial charge in [-0.05, 0) is 37.5 Å². The number of halogens is 3. The lowest BCUT2D eigenvalue weighted by Gasteiger charge is -2.25. The normalized spacial score (nSPS) is 19.9. The molecule has 0 aromatic heterocycles. The zero-order valence-corrected chi connectivity index (χ0v) is 21.0. The fraction of sp³-hybridized carbons (Fsp3) is 0.476. The van der Waals surface area contributed by atoms with Crippen LogP contribution in [0.3, 0.4) is 0 Å². The SMILES string of the molecule is CC[C@H](NC(=O)C(=O)N1CC[C@H](C(=O)Cc2ccc(F)c(Cl)c2F)[C@@H]1C)C1=CCN=N1.S.S. The van der Waals surface area contributed by atoms with Gasteiger partial charge in [0.2, 0.25) is 0 Å². The van der Waals surface area contributed by atoms with Crippen molar-refractivity contribution >= 4 is 56.2 Å². The Hall–Kier alpha value is -1.98. The van der Waals surface area contributed by atoms with Crippen LogP contribution < -0.4 is 5.32 Å². The lowest BCUT2D eigenvalue weighted by molar-refractivity contribution is -0.147. The van der Waals surface area contributed by atoms with Gasteiger partial charge in [0.1, 0.15) is 22.4 Å². The fourth-order valence-electron chi connectivity index (χ4n) is 3.92. The van der Waals surface area contributed by atoms with Crippen LogP contribution in [0.5, 0.6) is 0 Å². The van der Waals surface area contributed by atoms with Crippen molar-refractivity contribution in [2.24, 2.45) is 16.1 Å². The quantitative estimate of drug-likeness (QED) is 0.460. The molecule has 1 fully saturated rings. The highest BCUT2D eigenvalue weighted by atomic mass is 35.5. The summed E-state index contributed by atoms with van der Waals surface area (Å²) < 4.78 is 27.5. The molecular formula is C21H27ClF2N4O3S2. The maximum absolute atomic E-state index is 14.1. The molecule has 1 saturated heterocycles. The van der Waals surface area contributed by atoms with Gasteiger partial charge in [-0.1, -0.05) is 24.6 Å². The zero-order chi connectivity index (χ0) is 22.7. The van der Waals surface area contributed by atoms with Crippen LogP contribution in [0.1, 0.15) is 32.3 Å². The summed E-state index contributed by atoms with van der Waals surface area (Å²) in [6.45, 7) is 4.22. The molecule has 3 rings (SSSR count). The molecule has 7 nitrogen and oxygen atoms in total. The monoisotopic (exact) mass is 520 g/mol. The van der Waals surface area contributed by atoms with Crippen LogP contribution in [-0.4, -0.2) is 47.7 Å². The van der Waals surface area contributed by atoms with E-state index in [0.29, 0.717) is 25.1 Å². The summed E-state index contributed by atoms with van der Waals surface area (Å²) in [5.41, 5.74) is 0.613. The van der Waals surface area contributed by atoms with Crippen molar-refractivity contribution in [1.29, 1.82) is 0 Å². The average molecular weight is 521 g/mol. The highest BCUT2D eigenvalue weighted by Crippen LogP contribution is 2.28. The van der Waals surface area contributed by atoms with Gasteiger partial charge in [0.05, 0.1) is 18.3 Å². The van der Waals surface area contributed by atoms with E-state index in [9.17, 15) is 23.2 Å². The molecule has 0 unspecified atom stereocenters. The number of hydrogen-bond acceptors (Lipinski definition) is 5. The Balaban J connectivity index is 0.00000272. The minimum absolute atomic E-state index is 0. The van der Waals surface area contributed by atoms with Gasteiger partial charge >= 0.3 is 11.8 Å². The van der Waals surface area contributed by atoms with Gasteiger partial charge in [0.15, 0.2) is 0 Å². The molecule has 2 amide bonds. The number of likely N-dealkylation sites (tertiary alicyclic amines) is 1. The van der Waals surface area contributed by atoms with E-state index in [0.717, 1.165) is 6.07 Å². The predicted octanol–water partition coefficient (Wildman–Crippen LogP) is 3.44. The van der Waals surface area contributed by atoms with Crippen molar-refractivity contribution in [2.75, 3.05) is 13.1 Å². The first-order chi connectivity index (χ1) is 14.7. The second-order valence-corrected chi connectivity index (χ2v) is 7.98. The molecule has 0 radical (unpaired) electrons. The second kappa shape index (κ2) is 12.5. The van der Waals surface area contributed by atoms with E-state index in [2.05, 4.69) is 15.5 Å². The van der Waals surface area contributed by atoms with Gasteiger partial charge < -0.3 is 10.2 Å². The third kappa shape index (κ3) is 6.33. The molecule has 0 saturated carbocycles. The summed E-state index contributed by atoms with van der Waals surface area (Å²) in [6.07, 6.45) is 2.41. The molecule has 182 valence electrons. The molecule has 2 aliphatic rings. The molecular weight excluding hydrogens is 494 g/mol. The molecule has 0 aliphatic carbocycles. The maximum atomic E-state index is 14.1. The molecule has 2 heterocycles. The van der Waals surface area contributed by atoms with E-state index >= 15 is 0 Å². The smallest absolute Gasteiger partial charge is 0.312 e. The lowest BCUT2D eigenvalue weighted by atomic mass is 9.92. The molecule has 12 heteroatoms. The van der Waals surface area contributed by atoms with Crippen LogP contribution in [0.25, 0.3) is 0 Å². The molecule has 1 N–H and O–H groups in total. The van der Waals surface area contributed by atoms with Crippen molar-refractivity contribution in [2.45, 2.75) is 45.2 Å². The van der Waals surface area contributed by atoms with Gasteiger partial charge in [-0.25, -0.2) is 8.78 Å². The fourth-order valence-corrected chi connectivity index (χ4v) is 4.11. The Morgan fingerprint density at radius 3 is 2.58 bits per heavy atom. The minimum Gasteiger partial charge on any atom is -0.339 e. The first-order valence-electron chi connectivity index (χ1n) is 10.1. The number of carbonyl (C=O) groups is 3. The van der Waals surface area contributed by atoms with E-state index in [-0.39, 0.29) is 51.3 Å². The van der Waals surface area contributed by atoms with Crippen LogP contribution in [0.15, 0.2) is 34.1 Å². The van der Waals surface area contributed by atoms with Gasteiger partial charge in [0.25, 0.3) is 0 Å². The number of nitrogens with one attached hydrogen (secondary N) is 1. The number of amides is 2. The van der Waals surface area contributed by atoms with Crippen molar-refractivity contribution in [1.82, 2.24) is 10.2 Å². The zero-order valence-electron chi connectivity index (χ0n) is 18.2. The number of ketones is 1. The van der Waals surface area contributed by atoms with Crippen LogP contribution in [0.4, 0.5) is 8.78 Å².